The molecular formula is C20H23N5O. The highest BCUT2D eigenvalue weighted by atomic mass is 16.5. The van der Waals surface area contributed by atoms with Crippen molar-refractivity contribution < 1.29 is 4.52 Å². The molecule has 1 fully saturated rings. The van der Waals surface area contributed by atoms with Crippen LogP contribution in [0, 0.1) is 6.92 Å². The summed E-state index contributed by atoms with van der Waals surface area (Å²) < 4.78 is 5.48. The molecule has 0 bridgehead atoms. The van der Waals surface area contributed by atoms with E-state index in [4.69, 9.17) is 4.52 Å². The number of rotatable bonds is 4. The molecule has 3 aromatic rings. The lowest BCUT2D eigenvalue weighted by molar-refractivity contribution is 0.135. The summed E-state index contributed by atoms with van der Waals surface area (Å²) in [6.07, 6.45) is 5.57. The number of hydrogen-bond donors (Lipinski definition) is 0. The van der Waals surface area contributed by atoms with Gasteiger partial charge in [-0.3, -0.25) is 4.90 Å². The topological polar surface area (TPSA) is 67.9 Å². The van der Waals surface area contributed by atoms with Gasteiger partial charge in [-0.05, 0) is 39.3 Å². The number of aryl methyl sites for hydroxylation is 1. The van der Waals surface area contributed by atoms with Crippen molar-refractivity contribution in [1.29, 1.82) is 0 Å². The molecular weight excluding hydrogens is 326 g/mol. The molecule has 1 saturated heterocycles. The van der Waals surface area contributed by atoms with Crippen molar-refractivity contribution in [2.24, 2.45) is 0 Å². The lowest BCUT2D eigenvalue weighted by Gasteiger charge is -2.31. The summed E-state index contributed by atoms with van der Waals surface area (Å²) in [5, 5.41) is 4.16. The van der Waals surface area contributed by atoms with Gasteiger partial charge in [-0.15, -0.1) is 0 Å². The molecule has 1 aliphatic heterocycles. The monoisotopic (exact) mass is 349 g/mol. The van der Waals surface area contributed by atoms with Gasteiger partial charge < -0.3 is 4.52 Å². The fourth-order valence-corrected chi connectivity index (χ4v) is 3.41. The van der Waals surface area contributed by atoms with Gasteiger partial charge >= 0.3 is 0 Å². The quantitative estimate of drug-likeness (QED) is 0.712. The molecule has 0 amide bonds. The highest BCUT2D eigenvalue weighted by Crippen LogP contribution is 2.23. The van der Waals surface area contributed by atoms with Gasteiger partial charge in [0.2, 0.25) is 11.7 Å². The van der Waals surface area contributed by atoms with Crippen LogP contribution in [0.1, 0.15) is 37.9 Å². The van der Waals surface area contributed by atoms with Gasteiger partial charge in [-0.2, -0.15) is 4.98 Å². The van der Waals surface area contributed by atoms with Crippen molar-refractivity contribution in [1.82, 2.24) is 25.0 Å². The highest BCUT2D eigenvalue weighted by Gasteiger charge is 2.21. The fourth-order valence-electron chi connectivity index (χ4n) is 3.41. The van der Waals surface area contributed by atoms with Gasteiger partial charge in [0.15, 0.2) is 0 Å². The van der Waals surface area contributed by atoms with Crippen molar-refractivity contribution in [2.75, 3.05) is 6.54 Å². The number of piperidine rings is 1. The van der Waals surface area contributed by atoms with Gasteiger partial charge in [-0.25, -0.2) is 9.97 Å². The van der Waals surface area contributed by atoms with E-state index in [1.807, 2.05) is 37.3 Å². The summed E-state index contributed by atoms with van der Waals surface area (Å²) in [6.45, 7) is 5.99. The summed E-state index contributed by atoms with van der Waals surface area (Å²) >= 11 is 0. The molecule has 2 aromatic heterocycles. The van der Waals surface area contributed by atoms with Crippen LogP contribution in [0.5, 0.6) is 0 Å². The van der Waals surface area contributed by atoms with Crippen molar-refractivity contribution in [3.8, 4) is 22.6 Å². The predicted molar refractivity (Wildman–Crippen MR) is 99.2 cm³/mol. The molecule has 4 rings (SSSR count). The van der Waals surface area contributed by atoms with E-state index in [1.54, 1.807) is 6.20 Å². The Morgan fingerprint density at radius 3 is 2.65 bits per heavy atom. The third-order valence-electron chi connectivity index (χ3n) is 4.96. The maximum Gasteiger partial charge on any atom is 0.241 e. The van der Waals surface area contributed by atoms with Crippen molar-refractivity contribution in [3.05, 3.63) is 48.2 Å². The molecule has 134 valence electrons. The molecule has 0 radical (unpaired) electrons. The molecule has 26 heavy (non-hydrogen) atoms. The average molecular weight is 349 g/mol. The lowest BCUT2D eigenvalue weighted by Crippen LogP contribution is -2.36. The lowest BCUT2D eigenvalue weighted by atomic mass is 10.0. The normalized spacial score (nSPS) is 18.2. The molecule has 3 heterocycles. The second-order valence-corrected chi connectivity index (χ2v) is 6.89. The number of hydrogen-bond acceptors (Lipinski definition) is 6. The maximum absolute atomic E-state index is 5.48. The standard InChI is InChI=1S/C20H23N5O/c1-14-5-3-4-12-25(14)13-19-23-20(24-26-19)17-8-6-16(7-9-17)18-10-11-21-15(2)22-18/h6-11,14H,3-5,12-13H2,1-2H3/t14-/m0/s1. The zero-order valence-corrected chi connectivity index (χ0v) is 15.2. The first-order valence-corrected chi connectivity index (χ1v) is 9.16. The third-order valence-corrected chi connectivity index (χ3v) is 4.96. The zero-order chi connectivity index (χ0) is 17.9. The van der Waals surface area contributed by atoms with Crippen molar-refractivity contribution >= 4 is 0 Å². The largest absolute Gasteiger partial charge is 0.338 e. The fraction of sp³-hybridized carbons (Fsp3) is 0.400. The predicted octanol–water partition coefficient (Wildman–Crippen LogP) is 3.88. The Bertz CT molecular complexity index is 874. The zero-order valence-electron chi connectivity index (χ0n) is 15.2. The van der Waals surface area contributed by atoms with Crippen LogP contribution >= 0.6 is 0 Å². The minimum atomic E-state index is 0.578. The van der Waals surface area contributed by atoms with Gasteiger partial charge in [0, 0.05) is 23.4 Å². The summed E-state index contributed by atoms with van der Waals surface area (Å²) in [4.78, 5) is 15.6. The number of benzene rings is 1. The van der Waals surface area contributed by atoms with Crippen LogP contribution in [-0.2, 0) is 6.54 Å². The Morgan fingerprint density at radius 1 is 1.08 bits per heavy atom. The van der Waals surface area contributed by atoms with Crippen molar-refractivity contribution in [2.45, 2.75) is 45.7 Å². The average Bonchev–Trinajstić information content (AvgIpc) is 3.12. The van der Waals surface area contributed by atoms with Gasteiger partial charge in [0.1, 0.15) is 5.82 Å². The van der Waals surface area contributed by atoms with E-state index in [-0.39, 0.29) is 0 Å². The summed E-state index contributed by atoms with van der Waals surface area (Å²) in [6, 6.07) is 10.6. The molecule has 1 aliphatic rings. The molecule has 0 unspecified atom stereocenters. The van der Waals surface area contributed by atoms with E-state index < -0.39 is 0 Å². The first-order valence-electron chi connectivity index (χ1n) is 9.16. The first kappa shape index (κ1) is 16.8. The Morgan fingerprint density at radius 2 is 1.88 bits per heavy atom. The van der Waals surface area contributed by atoms with Crippen LogP contribution in [0.15, 0.2) is 41.1 Å². The van der Waals surface area contributed by atoms with Crippen molar-refractivity contribution in [3.63, 3.8) is 0 Å². The maximum atomic E-state index is 5.48. The van der Waals surface area contributed by atoms with Crippen LogP contribution < -0.4 is 0 Å². The molecule has 6 heteroatoms. The van der Waals surface area contributed by atoms with Gasteiger partial charge in [0.25, 0.3) is 0 Å². The highest BCUT2D eigenvalue weighted by molar-refractivity contribution is 5.64. The first-order chi connectivity index (χ1) is 12.7. The van der Waals surface area contributed by atoms with E-state index in [1.165, 1.54) is 19.3 Å². The molecule has 1 aromatic carbocycles. The molecule has 6 nitrogen and oxygen atoms in total. The summed E-state index contributed by atoms with van der Waals surface area (Å²) in [5.41, 5.74) is 2.91. The third kappa shape index (κ3) is 3.65. The Labute approximate surface area is 153 Å². The Balaban J connectivity index is 1.49. The Kier molecular flexibility index (Phi) is 4.75. The minimum Gasteiger partial charge on any atom is -0.338 e. The van der Waals surface area contributed by atoms with E-state index in [0.717, 1.165) is 35.7 Å². The number of nitrogens with zero attached hydrogens (tertiary/aromatic N) is 5. The molecule has 0 saturated carbocycles. The van der Waals surface area contributed by atoms with E-state index in [9.17, 15) is 0 Å². The van der Waals surface area contributed by atoms with E-state index in [0.29, 0.717) is 17.8 Å². The van der Waals surface area contributed by atoms with Crippen LogP contribution in [-0.4, -0.2) is 37.6 Å². The van der Waals surface area contributed by atoms with Gasteiger partial charge in [-0.1, -0.05) is 35.8 Å². The second-order valence-electron chi connectivity index (χ2n) is 6.89. The molecule has 0 N–H and O–H groups in total. The molecule has 0 spiro atoms. The molecule has 0 aliphatic carbocycles. The summed E-state index contributed by atoms with van der Waals surface area (Å²) in [7, 11) is 0. The SMILES string of the molecule is Cc1nccc(-c2ccc(-c3noc(CN4CCCC[C@@H]4C)n3)cc2)n1. The Hall–Kier alpha value is -2.60. The number of aromatic nitrogens is 4. The summed E-state index contributed by atoms with van der Waals surface area (Å²) in [5.74, 6) is 2.08. The number of likely N-dealkylation sites (tertiary alicyclic amines) is 1. The molecule has 1 atom stereocenters. The smallest absolute Gasteiger partial charge is 0.241 e. The van der Waals surface area contributed by atoms with E-state index in [2.05, 4.69) is 31.9 Å². The van der Waals surface area contributed by atoms with Crippen LogP contribution in [0.4, 0.5) is 0 Å². The van der Waals surface area contributed by atoms with Crippen LogP contribution in [0.3, 0.4) is 0 Å². The van der Waals surface area contributed by atoms with Crippen LogP contribution in [0.2, 0.25) is 0 Å². The second kappa shape index (κ2) is 7.33. The minimum absolute atomic E-state index is 0.578. The van der Waals surface area contributed by atoms with E-state index >= 15 is 0 Å². The van der Waals surface area contributed by atoms with Crippen LogP contribution in [0.25, 0.3) is 22.6 Å². The van der Waals surface area contributed by atoms with Gasteiger partial charge in [0.05, 0.1) is 12.2 Å².